The Bertz CT molecular complexity index is 771. The van der Waals surface area contributed by atoms with Gasteiger partial charge in [-0.1, -0.05) is 32.0 Å². The highest BCUT2D eigenvalue weighted by molar-refractivity contribution is 5.92. The summed E-state index contributed by atoms with van der Waals surface area (Å²) >= 11 is 0. The van der Waals surface area contributed by atoms with Crippen LogP contribution in [-0.2, 0) is 14.3 Å². The van der Waals surface area contributed by atoms with E-state index in [4.69, 9.17) is 4.74 Å². The summed E-state index contributed by atoms with van der Waals surface area (Å²) in [7, 11) is 0. The quantitative estimate of drug-likeness (QED) is 0.580. The zero-order chi connectivity index (χ0) is 23.9. The Hall–Kier alpha value is -2.77. The summed E-state index contributed by atoms with van der Waals surface area (Å²) in [6, 6.07) is 4.31. The number of carbonyl (C=O) groups excluding carboxylic acids is 3. The number of amides is 3. The fourth-order valence-electron chi connectivity index (χ4n) is 3.13. The van der Waals surface area contributed by atoms with E-state index in [-0.39, 0.29) is 24.3 Å². The molecule has 0 heterocycles. The van der Waals surface area contributed by atoms with E-state index < -0.39 is 35.6 Å². The first-order valence-electron chi connectivity index (χ1n) is 10.7. The van der Waals surface area contributed by atoms with Crippen LogP contribution in [0.1, 0.15) is 67.0 Å². The first kappa shape index (κ1) is 26.3. The second-order valence-corrected chi connectivity index (χ2v) is 9.12. The Balaban J connectivity index is 3.33. The van der Waals surface area contributed by atoms with Gasteiger partial charge in [0.05, 0.1) is 0 Å². The maximum Gasteiger partial charge on any atom is 0.408 e. The van der Waals surface area contributed by atoms with E-state index in [2.05, 4.69) is 10.6 Å². The maximum absolute atomic E-state index is 13.5. The van der Waals surface area contributed by atoms with Crippen molar-refractivity contribution in [2.75, 3.05) is 6.54 Å². The predicted octanol–water partition coefficient (Wildman–Crippen LogP) is 3.36. The molecule has 0 aliphatic carbocycles. The number of alkyl carbamates (subject to hydrolysis) is 1. The molecule has 0 aliphatic heterocycles. The number of para-hydroxylation sites is 1. The number of ether oxygens (including phenoxy) is 1. The summed E-state index contributed by atoms with van der Waals surface area (Å²) in [6.07, 6.45) is -0.707. The van der Waals surface area contributed by atoms with Crippen LogP contribution in [0.5, 0.6) is 5.75 Å². The predicted molar refractivity (Wildman–Crippen MR) is 120 cm³/mol. The Morgan fingerprint density at radius 1 is 1.06 bits per heavy atom. The van der Waals surface area contributed by atoms with Crippen LogP contribution in [0.15, 0.2) is 24.3 Å². The average Bonchev–Trinajstić information content (AvgIpc) is 2.62. The Morgan fingerprint density at radius 2 is 1.65 bits per heavy atom. The number of phenolic OH excluding ortho intramolecular Hbond substituents is 1. The zero-order valence-corrected chi connectivity index (χ0v) is 19.9. The van der Waals surface area contributed by atoms with E-state index in [0.29, 0.717) is 5.56 Å². The molecule has 0 spiro atoms. The van der Waals surface area contributed by atoms with Gasteiger partial charge in [-0.05, 0) is 53.5 Å². The van der Waals surface area contributed by atoms with Gasteiger partial charge in [0.15, 0.2) is 0 Å². The maximum atomic E-state index is 13.5. The first-order valence-corrected chi connectivity index (χ1v) is 10.7. The monoisotopic (exact) mass is 435 g/mol. The van der Waals surface area contributed by atoms with Crippen molar-refractivity contribution in [3.8, 4) is 5.75 Å². The third-order valence-electron chi connectivity index (χ3n) is 4.45. The van der Waals surface area contributed by atoms with Crippen molar-refractivity contribution in [1.29, 1.82) is 0 Å². The Morgan fingerprint density at radius 3 is 2.10 bits per heavy atom. The van der Waals surface area contributed by atoms with Gasteiger partial charge in [-0.15, -0.1) is 0 Å². The summed E-state index contributed by atoms with van der Waals surface area (Å²) in [4.78, 5) is 40.3. The molecule has 0 radical (unpaired) electrons. The molecule has 0 bridgehead atoms. The second kappa shape index (κ2) is 11.0. The van der Waals surface area contributed by atoms with Crippen LogP contribution in [0.4, 0.5) is 4.79 Å². The number of carbonyl (C=O) groups is 3. The van der Waals surface area contributed by atoms with Crippen LogP contribution in [0, 0.1) is 5.92 Å². The molecule has 8 heteroatoms. The van der Waals surface area contributed by atoms with Crippen molar-refractivity contribution in [3.63, 3.8) is 0 Å². The minimum absolute atomic E-state index is 0.0844. The van der Waals surface area contributed by atoms with Crippen LogP contribution in [0.25, 0.3) is 0 Å². The van der Waals surface area contributed by atoms with Crippen molar-refractivity contribution >= 4 is 17.9 Å². The number of hydrogen-bond acceptors (Lipinski definition) is 5. The second-order valence-electron chi connectivity index (χ2n) is 9.12. The largest absolute Gasteiger partial charge is 0.508 e. The molecule has 31 heavy (non-hydrogen) atoms. The highest BCUT2D eigenvalue weighted by Gasteiger charge is 2.37. The number of aromatic hydroxyl groups is 1. The van der Waals surface area contributed by atoms with Gasteiger partial charge < -0.3 is 25.4 Å². The van der Waals surface area contributed by atoms with Gasteiger partial charge in [0.1, 0.15) is 23.4 Å². The number of benzene rings is 1. The standard InChI is InChI=1S/C23H37N3O5/c1-9-26(21(29)18(14(2)3)25-22(30)31-23(6,7)8)19(20(28)24-15(4)5)16-12-10-11-13-17(16)27/h10-15,18-19,27H,9H2,1-8H3,(H,24,28)(H,25,30). The average molecular weight is 436 g/mol. The van der Waals surface area contributed by atoms with Crippen molar-refractivity contribution < 1.29 is 24.2 Å². The molecule has 174 valence electrons. The molecule has 0 aromatic heterocycles. The number of hydrogen-bond donors (Lipinski definition) is 3. The minimum atomic E-state index is -1.05. The molecule has 0 aliphatic rings. The van der Waals surface area contributed by atoms with E-state index in [0.717, 1.165) is 0 Å². The molecule has 2 atom stereocenters. The summed E-state index contributed by atoms with van der Waals surface area (Å²) < 4.78 is 5.31. The van der Waals surface area contributed by atoms with Gasteiger partial charge in [0.25, 0.3) is 0 Å². The molecule has 0 saturated heterocycles. The normalized spacial score (nSPS) is 13.5. The molecule has 3 amide bonds. The lowest BCUT2D eigenvalue weighted by Crippen LogP contribution is -2.55. The zero-order valence-electron chi connectivity index (χ0n) is 19.9. The van der Waals surface area contributed by atoms with Crippen molar-refractivity contribution in [2.45, 2.75) is 79.1 Å². The number of nitrogens with one attached hydrogen (secondary N) is 2. The van der Waals surface area contributed by atoms with Gasteiger partial charge >= 0.3 is 6.09 Å². The van der Waals surface area contributed by atoms with Crippen LogP contribution >= 0.6 is 0 Å². The lowest BCUT2D eigenvalue weighted by atomic mass is 9.98. The molecule has 8 nitrogen and oxygen atoms in total. The third kappa shape index (κ3) is 7.77. The molecule has 1 aromatic rings. The molecule has 1 rings (SSSR count). The lowest BCUT2D eigenvalue weighted by molar-refractivity contribution is -0.143. The topological polar surface area (TPSA) is 108 Å². The molecular formula is C23H37N3O5. The molecule has 1 aromatic carbocycles. The third-order valence-corrected chi connectivity index (χ3v) is 4.45. The Kier molecular flexibility index (Phi) is 9.34. The van der Waals surface area contributed by atoms with Gasteiger partial charge in [-0.3, -0.25) is 9.59 Å². The van der Waals surface area contributed by atoms with Crippen LogP contribution < -0.4 is 10.6 Å². The van der Waals surface area contributed by atoms with Crippen molar-refractivity contribution in [1.82, 2.24) is 15.5 Å². The molecule has 0 fully saturated rings. The van der Waals surface area contributed by atoms with Crippen molar-refractivity contribution in [2.24, 2.45) is 5.92 Å². The Labute approximate surface area is 185 Å². The number of rotatable bonds is 8. The summed E-state index contributed by atoms with van der Waals surface area (Å²) in [5.41, 5.74) is -0.398. The molecule has 2 unspecified atom stereocenters. The number of phenols is 1. The highest BCUT2D eigenvalue weighted by Crippen LogP contribution is 2.30. The van der Waals surface area contributed by atoms with Gasteiger partial charge in [-0.25, -0.2) is 4.79 Å². The molecule has 0 saturated carbocycles. The van der Waals surface area contributed by atoms with Crippen molar-refractivity contribution in [3.05, 3.63) is 29.8 Å². The lowest BCUT2D eigenvalue weighted by Gasteiger charge is -2.35. The minimum Gasteiger partial charge on any atom is -0.508 e. The van der Waals surface area contributed by atoms with Crippen LogP contribution in [-0.4, -0.2) is 52.1 Å². The molecular weight excluding hydrogens is 398 g/mol. The number of likely N-dealkylation sites (N-methyl/N-ethyl adjacent to an activating group) is 1. The van der Waals surface area contributed by atoms with E-state index in [1.54, 1.807) is 59.7 Å². The summed E-state index contributed by atoms with van der Waals surface area (Å²) in [5.74, 6) is -1.19. The highest BCUT2D eigenvalue weighted by atomic mass is 16.6. The summed E-state index contributed by atoms with van der Waals surface area (Å²) in [5, 5.41) is 15.9. The van der Waals surface area contributed by atoms with E-state index in [1.807, 2.05) is 13.8 Å². The first-order chi connectivity index (χ1) is 14.3. The van der Waals surface area contributed by atoms with Gasteiger partial charge in [-0.2, -0.15) is 0 Å². The van der Waals surface area contributed by atoms with Crippen LogP contribution in [0.3, 0.4) is 0 Å². The van der Waals surface area contributed by atoms with E-state index in [9.17, 15) is 19.5 Å². The van der Waals surface area contributed by atoms with Gasteiger partial charge in [0.2, 0.25) is 11.8 Å². The van der Waals surface area contributed by atoms with E-state index in [1.165, 1.54) is 11.0 Å². The fourth-order valence-corrected chi connectivity index (χ4v) is 3.13. The smallest absolute Gasteiger partial charge is 0.408 e. The van der Waals surface area contributed by atoms with Gasteiger partial charge in [0, 0.05) is 18.2 Å². The van der Waals surface area contributed by atoms with Crippen LogP contribution in [0.2, 0.25) is 0 Å². The van der Waals surface area contributed by atoms with E-state index >= 15 is 0 Å². The summed E-state index contributed by atoms with van der Waals surface area (Å²) in [6.45, 7) is 14.4. The molecule has 3 N–H and O–H groups in total. The SMILES string of the molecule is CCN(C(=O)C(NC(=O)OC(C)(C)C)C(C)C)C(C(=O)NC(C)C)c1ccccc1O. The number of nitrogens with zero attached hydrogens (tertiary/aromatic N) is 1. The fraction of sp³-hybridized carbons (Fsp3) is 0.609.